The van der Waals surface area contributed by atoms with Crippen LogP contribution in [-0.4, -0.2) is 39.5 Å². The number of nitrogens with zero attached hydrogens (tertiary/aromatic N) is 4. The number of amides is 1. The minimum atomic E-state index is -0.556. The van der Waals surface area contributed by atoms with Gasteiger partial charge in [0.05, 0.1) is 5.57 Å². The summed E-state index contributed by atoms with van der Waals surface area (Å²) in [5, 5.41) is 13.3. The SMILES string of the molecule is Cn1ccc(C(=O)N2CC3(C=C(C#N)C(=O)C(C)(C)C3)C2)n1. The van der Waals surface area contributed by atoms with Crippen LogP contribution in [0.5, 0.6) is 0 Å². The van der Waals surface area contributed by atoms with Crippen molar-refractivity contribution >= 4 is 11.7 Å². The molecular formula is C16H18N4O2. The number of aromatic nitrogens is 2. The van der Waals surface area contributed by atoms with Gasteiger partial charge in [-0.2, -0.15) is 10.4 Å². The first-order valence-electron chi connectivity index (χ1n) is 7.23. The number of allylic oxidation sites excluding steroid dienone is 1. The molecule has 3 rings (SSSR count). The second-order valence-electron chi connectivity index (χ2n) is 6.96. The Morgan fingerprint density at radius 2 is 2.09 bits per heavy atom. The van der Waals surface area contributed by atoms with Crippen molar-refractivity contribution in [2.75, 3.05) is 13.1 Å². The van der Waals surface area contributed by atoms with Crippen molar-refractivity contribution in [1.29, 1.82) is 5.26 Å². The first-order chi connectivity index (χ1) is 10.3. The Morgan fingerprint density at radius 1 is 1.41 bits per heavy atom. The largest absolute Gasteiger partial charge is 0.335 e. The quantitative estimate of drug-likeness (QED) is 0.783. The molecule has 0 radical (unpaired) electrons. The zero-order chi connectivity index (χ0) is 16.1. The fourth-order valence-corrected chi connectivity index (χ4v) is 3.58. The third-order valence-electron chi connectivity index (χ3n) is 4.46. The van der Waals surface area contributed by atoms with Crippen molar-refractivity contribution in [1.82, 2.24) is 14.7 Å². The van der Waals surface area contributed by atoms with E-state index in [9.17, 15) is 9.59 Å². The van der Waals surface area contributed by atoms with Crippen LogP contribution in [0.25, 0.3) is 0 Å². The molecule has 0 saturated carbocycles. The molecule has 1 fully saturated rings. The molecule has 0 atom stereocenters. The fraction of sp³-hybridized carbons (Fsp3) is 0.500. The molecule has 0 N–H and O–H groups in total. The third kappa shape index (κ3) is 2.13. The maximum absolute atomic E-state index is 12.3. The molecule has 1 aliphatic carbocycles. The summed E-state index contributed by atoms with van der Waals surface area (Å²) < 4.78 is 1.60. The Labute approximate surface area is 129 Å². The number of hydrogen-bond donors (Lipinski definition) is 0. The van der Waals surface area contributed by atoms with Gasteiger partial charge in [0, 0.05) is 37.2 Å². The highest BCUT2D eigenvalue weighted by molar-refractivity contribution is 6.04. The zero-order valence-electron chi connectivity index (χ0n) is 13.0. The van der Waals surface area contributed by atoms with E-state index in [1.165, 1.54) is 0 Å². The molecule has 1 saturated heterocycles. The number of ketones is 1. The molecule has 6 heteroatoms. The van der Waals surface area contributed by atoms with Gasteiger partial charge in [-0.25, -0.2) is 0 Å². The number of carbonyl (C=O) groups is 2. The molecule has 2 heterocycles. The van der Waals surface area contributed by atoms with E-state index in [4.69, 9.17) is 5.26 Å². The van der Waals surface area contributed by atoms with Crippen molar-refractivity contribution in [2.45, 2.75) is 20.3 Å². The van der Waals surface area contributed by atoms with Crippen LogP contribution in [0.2, 0.25) is 0 Å². The van der Waals surface area contributed by atoms with Crippen LogP contribution in [0.15, 0.2) is 23.9 Å². The fourth-order valence-electron chi connectivity index (χ4n) is 3.58. The lowest BCUT2D eigenvalue weighted by Gasteiger charge is -2.53. The number of nitriles is 1. The summed E-state index contributed by atoms with van der Waals surface area (Å²) in [6.45, 7) is 4.80. The van der Waals surface area contributed by atoms with Gasteiger partial charge in [-0.05, 0) is 12.5 Å². The Balaban J connectivity index is 1.79. The van der Waals surface area contributed by atoms with E-state index in [1.807, 2.05) is 19.9 Å². The third-order valence-corrected chi connectivity index (χ3v) is 4.46. The van der Waals surface area contributed by atoms with Crippen molar-refractivity contribution < 1.29 is 9.59 Å². The topological polar surface area (TPSA) is 79.0 Å². The van der Waals surface area contributed by atoms with Gasteiger partial charge in [-0.15, -0.1) is 0 Å². The summed E-state index contributed by atoms with van der Waals surface area (Å²) in [5.74, 6) is -0.206. The molecule has 114 valence electrons. The first kappa shape index (κ1) is 14.5. The van der Waals surface area contributed by atoms with Crippen molar-refractivity contribution in [3.8, 4) is 6.07 Å². The van der Waals surface area contributed by atoms with E-state index in [2.05, 4.69) is 5.10 Å². The van der Waals surface area contributed by atoms with E-state index in [1.54, 1.807) is 35.0 Å². The molecule has 1 spiro atoms. The second-order valence-corrected chi connectivity index (χ2v) is 6.96. The smallest absolute Gasteiger partial charge is 0.274 e. The van der Waals surface area contributed by atoms with Crippen LogP contribution in [0.3, 0.4) is 0 Å². The van der Waals surface area contributed by atoms with E-state index >= 15 is 0 Å². The molecule has 6 nitrogen and oxygen atoms in total. The van der Waals surface area contributed by atoms with Crippen molar-refractivity contribution in [2.24, 2.45) is 17.9 Å². The Hall–Kier alpha value is -2.42. The van der Waals surface area contributed by atoms with Crippen molar-refractivity contribution in [3.63, 3.8) is 0 Å². The lowest BCUT2D eigenvalue weighted by atomic mass is 9.61. The summed E-state index contributed by atoms with van der Waals surface area (Å²) in [7, 11) is 1.77. The Bertz CT molecular complexity index is 730. The van der Waals surface area contributed by atoms with Gasteiger partial charge >= 0.3 is 0 Å². The number of hydrogen-bond acceptors (Lipinski definition) is 4. The number of carbonyl (C=O) groups excluding carboxylic acids is 2. The van der Waals surface area contributed by atoms with Crippen LogP contribution in [0.4, 0.5) is 0 Å². The van der Waals surface area contributed by atoms with Crippen LogP contribution in [0.1, 0.15) is 30.8 Å². The summed E-state index contributed by atoms with van der Waals surface area (Å²) in [5.41, 5.74) is -0.165. The van der Waals surface area contributed by atoms with Crippen LogP contribution in [0, 0.1) is 22.2 Å². The highest BCUT2D eigenvalue weighted by Crippen LogP contribution is 2.48. The zero-order valence-corrected chi connectivity index (χ0v) is 13.0. The summed E-state index contributed by atoms with van der Waals surface area (Å²) in [6, 6.07) is 3.70. The number of rotatable bonds is 1. The standard InChI is InChI=1S/C16H18N4O2/c1-15(2)8-16(6-11(7-17)13(15)21)9-20(10-16)14(22)12-4-5-19(3)18-12/h4-6H,8-10H2,1-3H3. The molecular weight excluding hydrogens is 280 g/mol. The highest BCUT2D eigenvalue weighted by Gasteiger charge is 2.52. The maximum Gasteiger partial charge on any atom is 0.274 e. The van der Waals surface area contributed by atoms with E-state index in [0.717, 1.165) is 0 Å². The molecule has 0 unspecified atom stereocenters. The molecule has 1 aromatic rings. The van der Waals surface area contributed by atoms with Gasteiger partial charge in [-0.1, -0.05) is 19.9 Å². The average Bonchev–Trinajstić information content (AvgIpc) is 2.85. The molecule has 2 aliphatic rings. The van der Waals surface area contributed by atoms with Gasteiger partial charge in [-0.3, -0.25) is 14.3 Å². The normalized spacial score (nSPS) is 22.0. The van der Waals surface area contributed by atoms with Crippen LogP contribution >= 0.6 is 0 Å². The van der Waals surface area contributed by atoms with Gasteiger partial charge in [0.15, 0.2) is 5.78 Å². The van der Waals surface area contributed by atoms with Gasteiger partial charge < -0.3 is 4.90 Å². The monoisotopic (exact) mass is 298 g/mol. The lowest BCUT2D eigenvalue weighted by Crippen LogP contribution is -2.61. The van der Waals surface area contributed by atoms with E-state index < -0.39 is 5.41 Å². The predicted molar refractivity (Wildman–Crippen MR) is 78.6 cm³/mol. The second kappa shape index (κ2) is 4.54. The minimum Gasteiger partial charge on any atom is -0.335 e. The minimum absolute atomic E-state index is 0.102. The highest BCUT2D eigenvalue weighted by atomic mass is 16.2. The van der Waals surface area contributed by atoms with Gasteiger partial charge in [0.2, 0.25) is 0 Å². The predicted octanol–water partition coefficient (Wildman–Crippen LogP) is 1.31. The van der Waals surface area contributed by atoms with Crippen LogP contribution in [-0.2, 0) is 11.8 Å². The lowest BCUT2D eigenvalue weighted by molar-refractivity contribution is -0.127. The van der Waals surface area contributed by atoms with E-state index in [-0.39, 0.29) is 22.7 Å². The number of Topliss-reactive ketones (excluding diaryl/α,β-unsaturated/α-hetero) is 1. The molecule has 1 aromatic heterocycles. The Morgan fingerprint density at radius 3 is 2.64 bits per heavy atom. The number of likely N-dealkylation sites (tertiary alicyclic amines) is 1. The molecule has 22 heavy (non-hydrogen) atoms. The van der Waals surface area contributed by atoms with Crippen LogP contribution < -0.4 is 0 Å². The summed E-state index contributed by atoms with van der Waals surface area (Å²) in [4.78, 5) is 26.2. The van der Waals surface area contributed by atoms with E-state index in [0.29, 0.717) is 25.2 Å². The first-order valence-corrected chi connectivity index (χ1v) is 7.23. The molecule has 1 amide bonds. The summed E-state index contributed by atoms with van der Waals surface area (Å²) in [6.07, 6.45) is 4.16. The Kier molecular flexibility index (Phi) is 2.99. The molecule has 0 aromatic carbocycles. The van der Waals surface area contributed by atoms with Gasteiger partial charge in [0.1, 0.15) is 11.8 Å². The molecule has 1 aliphatic heterocycles. The average molecular weight is 298 g/mol. The number of aryl methyl sites for hydroxylation is 1. The van der Waals surface area contributed by atoms with Gasteiger partial charge in [0.25, 0.3) is 5.91 Å². The van der Waals surface area contributed by atoms with Crippen molar-refractivity contribution in [3.05, 3.63) is 29.6 Å². The molecule has 0 bridgehead atoms. The summed E-state index contributed by atoms with van der Waals surface area (Å²) >= 11 is 0. The maximum atomic E-state index is 12.3.